The SMILES string of the molecule is CCC(C)c1ccccc1NC(=O)C(=O)NCCCCCO. The van der Waals surface area contributed by atoms with Crippen molar-refractivity contribution < 1.29 is 14.7 Å². The number of anilines is 1. The molecule has 1 atom stereocenters. The maximum atomic E-state index is 11.9. The van der Waals surface area contributed by atoms with Gasteiger partial charge in [0.15, 0.2) is 0 Å². The highest BCUT2D eigenvalue weighted by molar-refractivity contribution is 6.39. The molecule has 0 saturated heterocycles. The summed E-state index contributed by atoms with van der Waals surface area (Å²) in [5.41, 5.74) is 1.73. The minimum Gasteiger partial charge on any atom is -0.396 e. The molecule has 3 N–H and O–H groups in total. The van der Waals surface area contributed by atoms with E-state index in [2.05, 4.69) is 24.5 Å². The van der Waals surface area contributed by atoms with Crippen LogP contribution in [0.2, 0.25) is 0 Å². The van der Waals surface area contributed by atoms with Crippen molar-refractivity contribution in [2.75, 3.05) is 18.5 Å². The first-order chi connectivity index (χ1) is 10.6. The Balaban J connectivity index is 2.52. The van der Waals surface area contributed by atoms with Gasteiger partial charge in [0.2, 0.25) is 0 Å². The summed E-state index contributed by atoms with van der Waals surface area (Å²) in [4.78, 5) is 23.7. The summed E-state index contributed by atoms with van der Waals surface area (Å²) in [6, 6.07) is 7.55. The second-order valence-electron chi connectivity index (χ2n) is 5.39. The van der Waals surface area contributed by atoms with Crippen molar-refractivity contribution in [1.29, 1.82) is 0 Å². The number of rotatable bonds is 8. The average molecular weight is 306 g/mol. The number of hydrogen-bond donors (Lipinski definition) is 3. The van der Waals surface area contributed by atoms with Gasteiger partial charge in [-0.1, -0.05) is 32.0 Å². The summed E-state index contributed by atoms with van der Waals surface area (Å²) < 4.78 is 0. The first kappa shape index (κ1) is 18.2. The van der Waals surface area contributed by atoms with Crippen LogP contribution >= 0.6 is 0 Å². The molecule has 0 saturated carbocycles. The molecule has 2 amide bonds. The lowest BCUT2D eigenvalue weighted by Crippen LogP contribution is -2.36. The number of carbonyl (C=O) groups is 2. The minimum atomic E-state index is -0.641. The number of amides is 2. The Morgan fingerprint density at radius 3 is 2.55 bits per heavy atom. The van der Waals surface area contributed by atoms with Crippen LogP contribution in [0.15, 0.2) is 24.3 Å². The third-order valence-electron chi connectivity index (χ3n) is 3.68. The smallest absolute Gasteiger partial charge is 0.313 e. The number of unbranched alkanes of at least 4 members (excludes halogenated alkanes) is 2. The van der Waals surface area contributed by atoms with Crippen molar-refractivity contribution in [1.82, 2.24) is 5.32 Å². The fraction of sp³-hybridized carbons (Fsp3) is 0.529. The molecule has 0 spiro atoms. The maximum Gasteiger partial charge on any atom is 0.313 e. The molecule has 122 valence electrons. The van der Waals surface area contributed by atoms with Gasteiger partial charge in [-0.25, -0.2) is 0 Å². The van der Waals surface area contributed by atoms with E-state index in [4.69, 9.17) is 5.11 Å². The first-order valence-electron chi connectivity index (χ1n) is 7.89. The molecule has 1 aromatic carbocycles. The highest BCUT2D eigenvalue weighted by Gasteiger charge is 2.16. The van der Waals surface area contributed by atoms with Gasteiger partial charge in [-0.05, 0) is 43.2 Å². The number of benzene rings is 1. The van der Waals surface area contributed by atoms with E-state index in [1.165, 1.54) is 0 Å². The zero-order chi connectivity index (χ0) is 16.4. The van der Waals surface area contributed by atoms with Crippen molar-refractivity contribution in [3.63, 3.8) is 0 Å². The van der Waals surface area contributed by atoms with Gasteiger partial charge in [-0.3, -0.25) is 9.59 Å². The summed E-state index contributed by atoms with van der Waals surface area (Å²) in [7, 11) is 0. The van der Waals surface area contributed by atoms with E-state index in [9.17, 15) is 9.59 Å². The Hall–Kier alpha value is -1.88. The molecule has 5 nitrogen and oxygen atoms in total. The lowest BCUT2D eigenvalue weighted by atomic mass is 9.97. The molecule has 0 aromatic heterocycles. The number of aliphatic hydroxyl groups excluding tert-OH is 1. The van der Waals surface area contributed by atoms with E-state index in [1.807, 2.05) is 24.3 Å². The molecule has 0 aliphatic carbocycles. The van der Waals surface area contributed by atoms with Crippen LogP contribution in [0.5, 0.6) is 0 Å². The van der Waals surface area contributed by atoms with Gasteiger partial charge in [0.05, 0.1) is 0 Å². The van der Waals surface area contributed by atoms with Gasteiger partial charge in [-0.2, -0.15) is 0 Å². The number of nitrogens with one attached hydrogen (secondary N) is 2. The van der Waals surface area contributed by atoms with E-state index in [0.29, 0.717) is 24.6 Å². The van der Waals surface area contributed by atoms with E-state index in [1.54, 1.807) is 0 Å². The summed E-state index contributed by atoms with van der Waals surface area (Å²) in [5, 5.41) is 13.9. The van der Waals surface area contributed by atoms with Crippen LogP contribution < -0.4 is 10.6 Å². The summed E-state index contributed by atoms with van der Waals surface area (Å²) in [6.07, 6.45) is 3.26. The highest BCUT2D eigenvalue weighted by Crippen LogP contribution is 2.26. The van der Waals surface area contributed by atoms with Gasteiger partial charge in [0.1, 0.15) is 0 Å². The van der Waals surface area contributed by atoms with Crippen LogP contribution in [-0.2, 0) is 9.59 Å². The van der Waals surface area contributed by atoms with Crippen molar-refractivity contribution in [2.45, 2.75) is 45.4 Å². The molecule has 0 aliphatic rings. The van der Waals surface area contributed by atoms with Gasteiger partial charge in [-0.15, -0.1) is 0 Å². The Kier molecular flexibility index (Phi) is 8.22. The molecule has 0 aliphatic heterocycles. The van der Waals surface area contributed by atoms with E-state index < -0.39 is 11.8 Å². The van der Waals surface area contributed by atoms with E-state index in [0.717, 1.165) is 24.8 Å². The summed E-state index contributed by atoms with van der Waals surface area (Å²) >= 11 is 0. The predicted molar refractivity (Wildman–Crippen MR) is 87.7 cm³/mol. The van der Waals surface area contributed by atoms with Crippen molar-refractivity contribution in [2.24, 2.45) is 0 Å². The minimum absolute atomic E-state index is 0.154. The summed E-state index contributed by atoms with van der Waals surface area (Å²) in [5.74, 6) is -0.945. The maximum absolute atomic E-state index is 11.9. The molecule has 0 radical (unpaired) electrons. The van der Waals surface area contributed by atoms with Crippen molar-refractivity contribution >= 4 is 17.5 Å². The number of para-hydroxylation sites is 1. The van der Waals surface area contributed by atoms with Crippen molar-refractivity contribution in [3.8, 4) is 0 Å². The van der Waals surface area contributed by atoms with E-state index in [-0.39, 0.29) is 6.61 Å². The largest absolute Gasteiger partial charge is 0.396 e. The summed E-state index contributed by atoms with van der Waals surface area (Å²) in [6.45, 7) is 4.77. The van der Waals surface area contributed by atoms with Gasteiger partial charge < -0.3 is 15.7 Å². The molecule has 1 rings (SSSR count). The van der Waals surface area contributed by atoms with Crippen LogP contribution in [0.4, 0.5) is 5.69 Å². The Labute approximate surface area is 132 Å². The van der Waals surface area contributed by atoms with Crippen molar-refractivity contribution in [3.05, 3.63) is 29.8 Å². The Bertz CT molecular complexity index is 489. The quantitative estimate of drug-likeness (QED) is 0.510. The fourth-order valence-corrected chi connectivity index (χ4v) is 2.14. The number of carbonyl (C=O) groups excluding carboxylic acids is 2. The fourth-order valence-electron chi connectivity index (χ4n) is 2.14. The van der Waals surface area contributed by atoms with Crippen LogP contribution in [0, 0.1) is 0 Å². The Morgan fingerprint density at radius 2 is 1.86 bits per heavy atom. The monoisotopic (exact) mass is 306 g/mol. The molecule has 1 unspecified atom stereocenters. The molecule has 0 fully saturated rings. The number of aliphatic hydroxyl groups is 1. The lowest BCUT2D eigenvalue weighted by molar-refractivity contribution is -0.136. The second-order valence-corrected chi connectivity index (χ2v) is 5.39. The molecule has 1 aromatic rings. The molecular weight excluding hydrogens is 280 g/mol. The van der Waals surface area contributed by atoms with Gasteiger partial charge in [0.25, 0.3) is 0 Å². The van der Waals surface area contributed by atoms with Gasteiger partial charge in [0, 0.05) is 18.8 Å². The third-order valence-corrected chi connectivity index (χ3v) is 3.68. The van der Waals surface area contributed by atoms with E-state index >= 15 is 0 Å². The highest BCUT2D eigenvalue weighted by atomic mass is 16.3. The predicted octanol–water partition coefficient (Wildman–Crippen LogP) is 2.42. The zero-order valence-electron chi connectivity index (χ0n) is 13.4. The molecule has 22 heavy (non-hydrogen) atoms. The molecule has 0 bridgehead atoms. The number of hydrogen-bond acceptors (Lipinski definition) is 3. The average Bonchev–Trinajstić information content (AvgIpc) is 2.54. The van der Waals surface area contributed by atoms with Crippen LogP contribution in [-0.4, -0.2) is 30.1 Å². The standard InChI is InChI=1S/C17H26N2O3/c1-3-13(2)14-9-5-6-10-15(14)19-17(22)16(21)18-11-7-4-8-12-20/h5-6,9-10,13,20H,3-4,7-8,11-12H2,1-2H3,(H,18,21)(H,19,22). The van der Waals surface area contributed by atoms with Crippen LogP contribution in [0.1, 0.15) is 51.0 Å². The molecular formula is C17H26N2O3. The lowest BCUT2D eigenvalue weighted by Gasteiger charge is -2.15. The first-order valence-corrected chi connectivity index (χ1v) is 7.89. The topological polar surface area (TPSA) is 78.4 Å². The third kappa shape index (κ3) is 5.85. The molecule has 0 heterocycles. The van der Waals surface area contributed by atoms with Gasteiger partial charge >= 0.3 is 11.8 Å². The Morgan fingerprint density at radius 1 is 1.14 bits per heavy atom. The van der Waals surface area contributed by atoms with Crippen LogP contribution in [0.25, 0.3) is 0 Å². The normalized spacial score (nSPS) is 11.8. The molecule has 5 heteroatoms. The van der Waals surface area contributed by atoms with Crippen LogP contribution in [0.3, 0.4) is 0 Å². The zero-order valence-corrected chi connectivity index (χ0v) is 13.4. The second kappa shape index (κ2) is 9.95.